The number of hydrogen-bond donors (Lipinski definition) is 5. The van der Waals surface area contributed by atoms with Gasteiger partial charge in [-0.15, -0.1) is 0 Å². The van der Waals surface area contributed by atoms with Crippen molar-refractivity contribution in [3.8, 4) is 5.75 Å². The second kappa shape index (κ2) is 4.46. The van der Waals surface area contributed by atoms with E-state index in [4.69, 9.17) is 9.84 Å². The fraction of sp³-hybridized carbons (Fsp3) is 0.500. The Morgan fingerprint density at radius 3 is 2.59 bits per heavy atom. The number of aromatic hydroxyl groups is 1. The lowest BCUT2D eigenvalue weighted by molar-refractivity contribution is -0.0231. The first-order valence-corrected chi connectivity index (χ1v) is 5.08. The Kier molecular flexibility index (Phi) is 3.16. The van der Waals surface area contributed by atoms with E-state index in [9.17, 15) is 20.1 Å². The van der Waals surface area contributed by atoms with E-state index in [0.29, 0.717) is 0 Å². The number of hydrogen-bond acceptors (Lipinski definition) is 6. The molecule has 0 saturated carbocycles. The number of aromatic amines is 1. The van der Waals surface area contributed by atoms with Crippen molar-refractivity contribution in [2.24, 2.45) is 0 Å². The molecule has 1 aliphatic heterocycles. The number of pyridine rings is 1. The van der Waals surface area contributed by atoms with E-state index in [0.717, 1.165) is 6.20 Å². The molecule has 0 radical (unpaired) electrons. The van der Waals surface area contributed by atoms with Crippen LogP contribution in [0.4, 0.5) is 0 Å². The van der Waals surface area contributed by atoms with Crippen molar-refractivity contribution in [3.05, 3.63) is 28.2 Å². The number of aliphatic hydroxyl groups is 3. The molecule has 2 heterocycles. The van der Waals surface area contributed by atoms with Gasteiger partial charge in [0.15, 0.2) is 5.75 Å². The normalized spacial score (nSPS) is 32.9. The summed E-state index contributed by atoms with van der Waals surface area (Å²) in [6, 6.07) is 0. The molecule has 4 atom stereocenters. The highest BCUT2D eigenvalue weighted by Crippen LogP contribution is 2.31. The summed E-state index contributed by atoms with van der Waals surface area (Å²) in [5.41, 5.74) is -0.675. The Balaban J connectivity index is 2.35. The molecule has 94 valence electrons. The third-order valence-corrected chi connectivity index (χ3v) is 2.80. The SMILES string of the molecule is O=c1c(O)c[nH]cc1C1OC(CO)C(O)C1O. The van der Waals surface area contributed by atoms with Crippen LogP contribution in [-0.4, -0.2) is 50.3 Å². The van der Waals surface area contributed by atoms with E-state index in [2.05, 4.69) is 4.98 Å². The molecule has 1 aromatic rings. The molecule has 7 nitrogen and oxygen atoms in total. The molecule has 0 aliphatic carbocycles. The van der Waals surface area contributed by atoms with Gasteiger partial charge in [-0.25, -0.2) is 0 Å². The van der Waals surface area contributed by atoms with Crippen molar-refractivity contribution in [2.45, 2.75) is 24.4 Å². The van der Waals surface area contributed by atoms with Gasteiger partial charge < -0.3 is 30.1 Å². The minimum atomic E-state index is -1.32. The lowest BCUT2D eigenvalue weighted by atomic mass is 10.0. The Bertz CT molecular complexity index is 458. The third kappa shape index (κ3) is 1.93. The number of H-pyrrole nitrogens is 1. The highest BCUT2D eigenvalue weighted by atomic mass is 16.6. The Labute approximate surface area is 95.9 Å². The van der Waals surface area contributed by atoms with E-state index in [1.165, 1.54) is 6.20 Å². The standard InChI is InChI=1S/C10H13NO6/c12-3-6-8(15)9(16)10(17-6)4-1-11-2-5(13)7(4)14/h1-2,6,8-10,12-13,15-16H,3H2,(H,11,14). The van der Waals surface area contributed by atoms with E-state index < -0.39 is 42.2 Å². The predicted molar refractivity (Wildman–Crippen MR) is 55.4 cm³/mol. The summed E-state index contributed by atoms with van der Waals surface area (Å²) in [5.74, 6) is -0.500. The van der Waals surface area contributed by atoms with E-state index in [-0.39, 0.29) is 5.56 Å². The van der Waals surface area contributed by atoms with Crippen LogP contribution >= 0.6 is 0 Å². The lowest BCUT2D eigenvalue weighted by Crippen LogP contribution is -2.32. The molecule has 1 aromatic heterocycles. The van der Waals surface area contributed by atoms with Crippen LogP contribution in [0.25, 0.3) is 0 Å². The van der Waals surface area contributed by atoms with E-state index >= 15 is 0 Å². The van der Waals surface area contributed by atoms with Gasteiger partial charge in [-0.3, -0.25) is 4.79 Å². The van der Waals surface area contributed by atoms with Crippen molar-refractivity contribution in [2.75, 3.05) is 6.61 Å². The second-order valence-corrected chi connectivity index (χ2v) is 3.88. The molecular formula is C10H13NO6. The van der Waals surface area contributed by atoms with Gasteiger partial charge in [0.05, 0.1) is 12.2 Å². The molecule has 0 aromatic carbocycles. The van der Waals surface area contributed by atoms with Crippen LogP contribution in [-0.2, 0) is 4.74 Å². The Morgan fingerprint density at radius 2 is 2.00 bits per heavy atom. The second-order valence-electron chi connectivity index (χ2n) is 3.88. The van der Waals surface area contributed by atoms with Gasteiger partial charge in [0.1, 0.15) is 24.4 Å². The maximum atomic E-state index is 11.6. The van der Waals surface area contributed by atoms with Crippen LogP contribution in [0.2, 0.25) is 0 Å². The molecule has 2 rings (SSSR count). The summed E-state index contributed by atoms with van der Waals surface area (Å²) in [7, 11) is 0. The Morgan fingerprint density at radius 1 is 1.29 bits per heavy atom. The summed E-state index contributed by atoms with van der Waals surface area (Å²) in [5, 5.41) is 37.4. The van der Waals surface area contributed by atoms with Gasteiger partial charge in [-0.2, -0.15) is 0 Å². The zero-order valence-corrected chi connectivity index (χ0v) is 8.78. The topological polar surface area (TPSA) is 123 Å². The first-order chi connectivity index (χ1) is 8.06. The summed E-state index contributed by atoms with van der Waals surface area (Å²) >= 11 is 0. The summed E-state index contributed by atoms with van der Waals surface area (Å²) < 4.78 is 5.18. The lowest BCUT2D eigenvalue weighted by Gasteiger charge is -2.13. The number of aliphatic hydroxyl groups excluding tert-OH is 3. The van der Waals surface area contributed by atoms with Gasteiger partial charge in [-0.05, 0) is 0 Å². The first kappa shape index (κ1) is 12.1. The minimum absolute atomic E-state index is 0.00694. The molecular weight excluding hydrogens is 230 g/mol. The molecule has 1 aliphatic rings. The van der Waals surface area contributed by atoms with Crippen molar-refractivity contribution in [1.82, 2.24) is 4.98 Å². The molecule has 17 heavy (non-hydrogen) atoms. The quantitative estimate of drug-likeness (QED) is 0.419. The highest BCUT2D eigenvalue weighted by molar-refractivity contribution is 5.26. The van der Waals surface area contributed by atoms with Gasteiger partial charge >= 0.3 is 0 Å². The van der Waals surface area contributed by atoms with Gasteiger partial charge in [-0.1, -0.05) is 0 Å². The van der Waals surface area contributed by atoms with Gasteiger partial charge in [0.2, 0.25) is 5.43 Å². The summed E-state index contributed by atoms with van der Waals surface area (Å²) in [4.78, 5) is 14.1. The number of rotatable bonds is 2. The smallest absolute Gasteiger partial charge is 0.229 e. The largest absolute Gasteiger partial charge is 0.503 e. The average molecular weight is 243 g/mol. The van der Waals surface area contributed by atoms with Gasteiger partial charge in [0, 0.05) is 12.4 Å². The monoisotopic (exact) mass is 243 g/mol. The van der Waals surface area contributed by atoms with E-state index in [1.54, 1.807) is 0 Å². The summed E-state index contributed by atoms with van der Waals surface area (Å²) in [6.45, 7) is -0.467. The minimum Gasteiger partial charge on any atom is -0.503 e. The fourth-order valence-electron chi connectivity index (χ4n) is 1.86. The average Bonchev–Trinajstić information content (AvgIpc) is 2.60. The Hall–Kier alpha value is -1.41. The molecule has 0 spiro atoms. The molecule has 1 saturated heterocycles. The molecule has 0 bridgehead atoms. The fourth-order valence-corrected chi connectivity index (χ4v) is 1.86. The van der Waals surface area contributed by atoms with Crippen LogP contribution in [0, 0.1) is 0 Å². The van der Waals surface area contributed by atoms with Crippen LogP contribution < -0.4 is 5.43 Å². The zero-order valence-electron chi connectivity index (χ0n) is 8.78. The molecule has 4 unspecified atom stereocenters. The first-order valence-electron chi connectivity index (χ1n) is 5.08. The van der Waals surface area contributed by atoms with Crippen LogP contribution in [0.3, 0.4) is 0 Å². The van der Waals surface area contributed by atoms with Crippen molar-refractivity contribution < 1.29 is 25.2 Å². The molecule has 7 heteroatoms. The van der Waals surface area contributed by atoms with E-state index in [1.807, 2.05) is 0 Å². The molecule has 1 fully saturated rings. The van der Waals surface area contributed by atoms with Crippen molar-refractivity contribution >= 4 is 0 Å². The zero-order chi connectivity index (χ0) is 12.6. The van der Waals surface area contributed by atoms with Crippen molar-refractivity contribution in [1.29, 1.82) is 0 Å². The number of aromatic nitrogens is 1. The van der Waals surface area contributed by atoms with Gasteiger partial charge in [0.25, 0.3) is 0 Å². The third-order valence-electron chi connectivity index (χ3n) is 2.80. The number of nitrogens with one attached hydrogen (secondary N) is 1. The number of ether oxygens (including phenoxy) is 1. The summed E-state index contributed by atoms with van der Waals surface area (Å²) in [6.07, 6.45) is -2.23. The highest BCUT2D eigenvalue weighted by Gasteiger charge is 2.44. The molecule has 5 N–H and O–H groups in total. The maximum absolute atomic E-state index is 11.6. The molecule has 0 amide bonds. The predicted octanol–water partition coefficient (Wildman–Crippen LogP) is -1.77. The van der Waals surface area contributed by atoms with Crippen LogP contribution in [0.15, 0.2) is 17.2 Å². The van der Waals surface area contributed by atoms with Crippen molar-refractivity contribution in [3.63, 3.8) is 0 Å². The van der Waals surface area contributed by atoms with Crippen LogP contribution in [0.5, 0.6) is 5.75 Å². The van der Waals surface area contributed by atoms with Crippen LogP contribution in [0.1, 0.15) is 11.7 Å². The maximum Gasteiger partial charge on any atom is 0.229 e.